The molecule has 0 saturated carbocycles. The first kappa shape index (κ1) is 21.6. The normalized spacial score (nSPS) is 19.3. The zero-order valence-electron chi connectivity index (χ0n) is 15.1. The number of rotatable bonds is 2. The number of hydrogen-bond donors (Lipinski definition) is 2. The monoisotopic (exact) mass is 452 g/mol. The Morgan fingerprint density at radius 1 is 0.767 bits per heavy atom. The van der Waals surface area contributed by atoms with Gasteiger partial charge in [0.05, 0.1) is 24.0 Å². The molecule has 0 fully saturated rings. The van der Waals surface area contributed by atoms with Crippen molar-refractivity contribution < 1.29 is 38.9 Å². The molecule has 2 N–H and O–H groups in total. The fourth-order valence-electron chi connectivity index (χ4n) is 2.87. The molecular formula is C20H14Cl2O8. The molecule has 10 heteroatoms. The third kappa shape index (κ3) is 4.72. The van der Waals surface area contributed by atoms with Gasteiger partial charge in [0, 0.05) is 10.0 Å². The summed E-state index contributed by atoms with van der Waals surface area (Å²) < 4.78 is 10.3. The van der Waals surface area contributed by atoms with Crippen LogP contribution >= 0.6 is 23.2 Å². The molecule has 0 spiro atoms. The summed E-state index contributed by atoms with van der Waals surface area (Å²) >= 11 is 11.4. The number of carbonyl (C=O) groups excluding carboxylic acids is 2. The van der Waals surface area contributed by atoms with Gasteiger partial charge in [0.1, 0.15) is 11.5 Å². The zero-order chi connectivity index (χ0) is 22.0. The second-order valence-corrected chi connectivity index (χ2v) is 7.30. The predicted molar refractivity (Wildman–Crippen MR) is 105 cm³/mol. The van der Waals surface area contributed by atoms with Crippen LogP contribution in [0, 0.1) is 0 Å². The maximum Gasteiger partial charge on any atom is 0.345 e. The van der Waals surface area contributed by atoms with E-state index in [1.165, 1.54) is 24.3 Å². The van der Waals surface area contributed by atoms with E-state index < -0.39 is 24.1 Å². The molecule has 2 aliphatic rings. The highest BCUT2D eigenvalue weighted by Crippen LogP contribution is 2.31. The maximum absolute atomic E-state index is 11.6. The summed E-state index contributed by atoms with van der Waals surface area (Å²) in [5.41, 5.74) is 0.694. The Labute approximate surface area is 179 Å². The quantitative estimate of drug-likeness (QED) is 0.707. The largest absolute Gasteiger partial charge is 0.478 e. The van der Waals surface area contributed by atoms with E-state index in [4.69, 9.17) is 42.9 Å². The minimum atomic E-state index is -1.14. The molecule has 156 valence electrons. The summed E-state index contributed by atoms with van der Waals surface area (Å²) in [6, 6.07) is 9.08. The molecule has 2 aromatic rings. The molecule has 2 atom stereocenters. The molecule has 30 heavy (non-hydrogen) atoms. The Balaban J connectivity index is 0.000000171. The lowest BCUT2D eigenvalue weighted by atomic mass is 10.0. The minimum Gasteiger partial charge on any atom is -0.478 e. The minimum absolute atomic E-state index is 0.150. The van der Waals surface area contributed by atoms with Crippen molar-refractivity contribution in [1.29, 1.82) is 0 Å². The average molecular weight is 453 g/mol. The van der Waals surface area contributed by atoms with E-state index in [0.29, 0.717) is 21.2 Å². The molecular weight excluding hydrogens is 439 g/mol. The highest BCUT2D eigenvalue weighted by atomic mass is 35.5. The van der Waals surface area contributed by atoms with Crippen molar-refractivity contribution in [3.63, 3.8) is 0 Å². The number of carboxylic acid groups (broad SMARTS) is 2. The van der Waals surface area contributed by atoms with Crippen LogP contribution < -0.4 is 9.47 Å². The smallest absolute Gasteiger partial charge is 0.345 e. The third-order valence-corrected chi connectivity index (χ3v) is 4.79. The molecule has 0 radical (unpaired) electrons. The number of fused-ring (bicyclic) bond motifs is 2. The molecule has 0 bridgehead atoms. The molecule has 0 amide bonds. The van der Waals surface area contributed by atoms with Gasteiger partial charge in [-0.25, -0.2) is 9.59 Å². The van der Waals surface area contributed by atoms with Gasteiger partial charge in [-0.2, -0.15) is 0 Å². The number of halogens is 2. The molecule has 2 aliphatic heterocycles. The van der Waals surface area contributed by atoms with Gasteiger partial charge in [-0.15, -0.1) is 0 Å². The number of carbonyl (C=O) groups is 4. The van der Waals surface area contributed by atoms with Crippen molar-refractivity contribution in [2.45, 2.75) is 25.0 Å². The van der Waals surface area contributed by atoms with Crippen molar-refractivity contribution in [3.05, 3.63) is 57.6 Å². The van der Waals surface area contributed by atoms with E-state index in [2.05, 4.69) is 0 Å². The van der Waals surface area contributed by atoms with Gasteiger partial charge < -0.3 is 19.7 Å². The van der Waals surface area contributed by atoms with Gasteiger partial charge in [0.15, 0.2) is 11.6 Å². The fourth-order valence-corrected chi connectivity index (χ4v) is 3.21. The van der Waals surface area contributed by atoms with Crippen LogP contribution in [0.15, 0.2) is 36.4 Å². The molecule has 0 saturated heterocycles. The van der Waals surface area contributed by atoms with Crippen LogP contribution in [0.2, 0.25) is 10.0 Å². The lowest BCUT2D eigenvalue weighted by Crippen LogP contribution is -2.33. The Hall–Kier alpha value is -3.10. The van der Waals surface area contributed by atoms with Crippen LogP contribution in [0.5, 0.6) is 11.5 Å². The van der Waals surface area contributed by atoms with Gasteiger partial charge in [-0.3, -0.25) is 9.59 Å². The van der Waals surface area contributed by atoms with Gasteiger partial charge in [0.2, 0.25) is 12.2 Å². The van der Waals surface area contributed by atoms with Gasteiger partial charge in [0.25, 0.3) is 0 Å². The van der Waals surface area contributed by atoms with E-state index in [1.807, 2.05) is 0 Å². The molecule has 0 aromatic heterocycles. The first-order chi connectivity index (χ1) is 14.2. The van der Waals surface area contributed by atoms with Crippen molar-refractivity contribution >= 4 is 46.7 Å². The van der Waals surface area contributed by atoms with Crippen LogP contribution in [0.4, 0.5) is 0 Å². The summed E-state index contributed by atoms with van der Waals surface area (Å²) in [5.74, 6) is -2.23. The lowest BCUT2D eigenvalue weighted by molar-refractivity contribution is -0.146. The van der Waals surface area contributed by atoms with Crippen LogP contribution in [0.1, 0.15) is 33.6 Å². The number of aliphatic carboxylic acids is 2. The zero-order valence-corrected chi connectivity index (χ0v) is 16.6. The SMILES string of the molecule is O=C1CC(C(=O)O)Oc2ccc(Cl)cc21.O=C1C[C@@H](C(=O)O)Oc2ccc(Cl)cc21. The van der Waals surface area contributed by atoms with Crippen LogP contribution in [0.3, 0.4) is 0 Å². The maximum atomic E-state index is 11.6. The average Bonchev–Trinajstić information content (AvgIpc) is 2.69. The fraction of sp³-hybridized carbons (Fsp3) is 0.200. The van der Waals surface area contributed by atoms with E-state index >= 15 is 0 Å². The standard InChI is InChI=1S/2C10H7ClO4/c2*11-5-1-2-8-6(3-5)7(12)4-9(15-8)10(13)14/h2*1-3,9H,4H2,(H,13,14)/t9-;/m0./s1. The van der Waals surface area contributed by atoms with Crippen molar-refractivity contribution in [2.24, 2.45) is 0 Å². The molecule has 2 heterocycles. The number of ketones is 2. The predicted octanol–water partition coefficient (Wildman–Crippen LogP) is 3.52. The van der Waals surface area contributed by atoms with Crippen molar-refractivity contribution in [1.82, 2.24) is 0 Å². The molecule has 4 rings (SSSR count). The summed E-state index contributed by atoms with van der Waals surface area (Å²) in [4.78, 5) is 44.4. The number of Topliss-reactive ketones (excluding diaryl/α,β-unsaturated/α-hetero) is 2. The topological polar surface area (TPSA) is 127 Å². The Morgan fingerprint density at radius 2 is 1.13 bits per heavy atom. The molecule has 2 aromatic carbocycles. The summed E-state index contributed by atoms with van der Waals surface area (Å²) in [5, 5.41) is 18.3. The highest BCUT2D eigenvalue weighted by molar-refractivity contribution is 6.31. The second kappa shape index (κ2) is 8.73. The Kier molecular flexibility index (Phi) is 6.28. The number of benzene rings is 2. The number of hydrogen-bond acceptors (Lipinski definition) is 6. The number of ether oxygens (including phenoxy) is 2. The first-order valence-electron chi connectivity index (χ1n) is 8.60. The highest BCUT2D eigenvalue weighted by Gasteiger charge is 2.32. The van der Waals surface area contributed by atoms with Gasteiger partial charge >= 0.3 is 11.9 Å². The van der Waals surface area contributed by atoms with Crippen molar-refractivity contribution in [3.8, 4) is 11.5 Å². The van der Waals surface area contributed by atoms with Gasteiger partial charge in [-0.05, 0) is 36.4 Å². The Bertz CT molecular complexity index is 966. The Morgan fingerprint density at radius 3 is 1.47 bits per heavy atom. The summed E-state index contributed by atoms with van der Waals surface area (Å²) in [6.45, 7) is 0. The van der Waals surface area contributed by atoms with E-state index in [-0.39, 0.29) is 35.9 Å². The third-order valence-electron chi connectivity index (χ3n) is 4.31. The summed E-state index contributed by atoms with van der Waals surface area (Å²) in [7, 11) is 0. The lowest BCUT2D eigenvalue weighted by Gasteiger charge is -2.21. The number of carboxylic acids is 2. The van der Waals surface area contributed by atoms with Gasteiger partial charge in [-0.1, -0.05) is 23.2 Å². The molecule has 1 unspecified atom stereocenters. The van der Waals surface area contributed by atoms with Crippen LogP contribution in [0.25, 0.3) is 0 Å². The van der Waals surface area contributed by atoms with Crippen LogP contribution in [-0.4, -0.2) is 45.9 Å². The van der Waals surface area contributed by atoms with Crippen molar-refractivity contribution in [2.75, 3.05) is 0 Å². The first-order valence-corrected chi connectivity index (χ1v) is 9.35. The second-order valence-electron chi connectivity index (χ2n) is 6.43. The van der Waals surface area contributed by atoms with E-state index in [9.17, 15) is 19.2 Å². The van der Waals surface area contributed by atoms with E-state index in [1.54, 1.807) is 12.1 Å². The molecule has 8 nitrogen and oxygen atoms in total. The molecule has 0 aliphatic carbocycles. The van der Waals surface area contributed by atoms with E-state index in [0.717, 1.165) is 0 Å². The summed E-state index contributed by atoms with van der Waals surface area (Å²) in [6.07, 6.45) is -2.48. The van der Waals surface area contributed by atoms with Crippen LogP contribution in [-0.2, 0) is 9.59 Å².